The molecule has 0 fully saturated rings. The normalized spacial score (nSPS) is 13.7. The number of rotatable bonds is 12. The number of nitrogens with one attached hydrogen (secondary N) is 2. The van der Waals surface area contributed by atoms with E-state index in [0.29, 0.717) is 34.5 Å². The van der Waals surface area contributed by atoms with Gasteiger partial charge in [-0.2, -0.15) is 0 Å². The van der Waals surface area contributed by atoms with Gasteiger partial charge in [-0.25, -0.2) is 0 Å². The molecule has 2 aliphatic heterocycles. The number of benzene rings is 2. The molecule has 9 heteroatoms. The fourth-order valence-electron chi connectivity index (χ4n) is 4.24. The second kappa shape index (κ2) is 11.8. The van der Waals surface area contributed by atoms with Crippen LogP contribution in [0.15, 0.2) is 24.3 Å². The molecular formula is C27H32N2O7. The molecule has 2 N–H and O–H groups in total. The Morgan fingerprint density at radius 2 is 1.25 bits per heavy atom. The minimum Gasteiger partial charge on any atom is -0.492 e. The molecule has 36 heavy (non-hydrogen) atoms. The third-order valence-electron chi connectivity index (χ3n) is 6.01. The van der Waals surface area contributed by atoms with Crippen molar-refractivity contribution in [3.8, 4) is 34.5 Å². The maximum absolute atomic E-state index is 12.9. The van der Waals surface area contributed by atoms with Crippen LogP contribution in [-0.4, -0.2) is 60.8 Å². The topological polar surface area (TPSA) is 96.5 Å². The van der Waals surface area contributed by atoms with E-state index in [9.17, 15) is 4.79 Å². The van der Waals surface area contributed by atoms with Crippen molar-refractivity contribution in [1.29, 1.82) is 0 Å². The van der Waals surface area contributed by atoms with E-state index in [1.54, 1.807) is 26.4 Å². The number of methoxy groups -OCH3 is 2. The SMILES string of the molecule is CNCCc1cc2c(c(OC)c1C=CC(=O)C=Cc1c(CCNC)cc3c(c1OC)OCO3)OCO2. The summed E-state index contributed by atoms with van der Waals surface area (Å²) in [4.78, 5) is 12.9. The highest BCUT2D eigenvalue weighted by Gasteiger charge is 2.25. The average molecular weight is 497 g/mol. The summed E-state index contributed by atoms with van der Waals surface area (Å²) < 4.78 is 33.6. The zero-order valence-electron chi connectivity index (χ0n) is 21.1. The van der Waals surface area contributed by atoms with E-state index in [1.165, 1.54) is 12.2 Å². The van der Waals surface area contributed by atoms with Gasteiger partial charge < -0.3 is 39.1 Å². The number of hydrogen-bond acceptors (Lipinski definition) is 9. The highest BCUT2D eigenvalue weighted by Crippen LogP contribution is 2.46. The van der Waals surface area contributed by atoms with Crippen LogP contribution < -0.4 is 39.1 Å². The molecule has 2 heterocycles. The zero-order chi connectivity index (χ0) is 25.5. The van der Waals surface area contributed by atoms with Gasteiger partial charge in [-0.05, 0) is 87.6 Å². The van der Waals surface area contributed by atoms with E-state index in [4.69, 9.17) is 28.4 Å². The van der Waals surface area contributed by atoms with E-state index in [1.807, 2.05) is 26.2 Å². The molecular weight excluding hydrogens is 464 g/mol. The summed E-state index contributed by atoms with van der Waals surface area (Å²) >= 11 is 0. The number of ether oxygens (including phenoxy) is 6. The fourth-order valence-corrected chi connectivity index (χ4v) is 4.24. The molecule has 0 atom stereocenters. The predicted octanol–water partition coefficient (Wildman–Crippen LogP) is 2.98. The Morgan fingerprint density at radius 1 is 0.806 bits per heavy atom. The van der Waals surface area contributed by atoms with Crippen LogP contribution in [0, 0.1) is 0 Å². The number of ketones is 1. The molecule has 0 aromatic heterocycles. The first-order valence-corrected chi connectivity index (χ1v) is 11.8. The van der Waals surface area contributed by atoms with Gasteiger partial charge in [-0.15, -0.1) is 0 Å². The number of hydrogen-bond donors (Lipinski definition) is 2. The fraction of sp³-hybridized carbons (Fsp3) is 0.370. The van der Waals surface area contributed by atoms with Gasteiger partial charge in [0.1, 0.15) is 0 Å². The Labute approximate surface area is 211 Å². The van der Waals surface area contributed by atoms with Crippen molar-refractivity contribution in [2.45, 2.75) is 12.8 Å². The smallest absolute Gasteiger partial charge is 0.231 e. The quantitative estimate of drug-likeness (QED) is 0.430. The lowest BCUT2D eigenvalue weighted by Crippen LogP contribution is -2.11. The third kappa shape index (κ3) is 5.27. The number of carbonyl (C=O) groups excluding carboxylic acids is 1. The van der Waals surface area contributed by atoms with Gasteiger partial charge >= 0.3 is 0 Å². The molecule has 2 aliphatic rings. The molecule has 0 unspecified atom stereocenters. The summed E-state index contributed by atoms with van der Waals surface area (Å²) in [5, 5.41) is 6.30. The monoisotopic (exact) mass is 496 g/mol. The predicted molar refractivity (Wildman–Crippen MR) is 137 cm³/mol. The zero-order valence-corrected chi connectivity index (χ0v) is 21.1. The van der Waals surface area contributed by atoms with E-state index in [-0.39, 0.29) is 19.4 Å². The van der Waals surface area contributed by atoms with Crippen molar-refractivity contribution in [1.82, 2.24) is 10.6 Å². The van der Waals surface area contributed by atoms with Gasteiger partial charge in [-0.1, -0.05) is 0 Å². The molecule has 192 valence electrons. The Bertz CT molecular complexity index is 1080. The Balaban J connectivity index is 1.64. The Hall–Kier alpha value is -3.69. The maximum atomic E-state index is 12.9. The van der Waals surface area contributed by atoms with E-state index >= 15 is 0 Å². The first-order chi connectivity index (χ1) is 17.6. The minimum atomic E-state index is -0.187. The van der Waals surface area contributed by atoms with Gasteiger partial charge in [0.25, 0.3) is 0 Å². The maximum Gasteiger partial charge on any atom is 0.231 e. The van der Waals surface area contributed by atoms with Crippen LogP contribution in [0.2, 0.25) is 0 Å². The van der Waals surface area contributed by atoms with E-state index < -0.39 is 0 Å². The minimum absolute atomic E-state index is 0.138. The van der Waals surface area contributed by atoms with Crippen molar-refractivity contribution < 1.29 is 33.2 Å². The average Bonchev–Trinajstić information content (AvgIpc) is 3.56. The second-order valence-electron chi connectivity index (χ2n) is 8.21. The standard InChI is InChI=1S/C27H32N2O7/c1-28-11-9-17-13-22-26(35-15-33-22)24(31-3)20(17)7-5-19(30)6-8-21-18(10-12-29-2)14-23-27(25(21)32-4)36-16-34-23/h5-8,13-14,28-29H,9-12,15-16H2,1-4H3. The summed E-state index contributed by atoms with van der Waals surface area (Å²) in [7, 11) is 6.94. The van der Waals surface area contributed by atoms with Gasteiger partial charge in [0.2, 0.25) is 25.1 Å². The molecule has 0 radical (unpaired) electrons. The van der Waals surface area contributed by atoms with Gasteiger partial charge in [0, 0.05) is 11.1 Å². The highest BCUT2D eigenvalue weighted by molar-refractivity contribution is 6.05. The number of allylic oxidation sites excluding steroid dienone is 2. The lowest BCUT2D eigenvalue weighted by atomic mass is 10.00. The third-order valence-corrected chi connectivity index (χ3v) is 6.01. The van der Waals surface area contributed by atoms with Crippen molar-refractivity contribution in [2.75, 3.05) is 55.0 Å². The molecule has 9 nitrogen and oxygen atoms in total. The number of likely N-dealkylation sites (N-methyl/N-ethyl adjacent to an activating group) is 2. The summed E-state index contributed by atoms with van der Waals surface area (Å²) in [6.07, 6.45) is 8.03. The first-order valence-electron chi connectivity index (χ1n) is 11.8. The lowest BCUT2D eigenvalue weighted by molar-refractivity contribution is -0.110. The van der Waals surface area contributed by atoms with Crippen LogP contribution >= 0.6 is 0 Å². The summed E-state index contributed by atoms with van der Waals surface area (Å²) in [5.74, 6) is 3.30. The highest BCUT2D eigenvalue weighted by atomic mass is 16.7. The molecule has 0 bridgehead atoms. The van der Waals surface area contributed by atoms with Crippen LogP contribution in [0.5, 0.6) is 34.5 Å². The van der Waals surface area contributed by atoms with Crippen LogP contribution in [0.3, 0.4) is 0 Å². The van der Waals surface area contributed by atoms with Crippen LogP contribution in [0.4, 0.5) is 0 Å². The molecule has 2 aromatic carbocycles. The van der Waals surface area contributed by atoms with Crippen LogP contribution in [-0.2, 0) is 17.6 Å². The molecule has 0 saturated heterocycles. The molecule has 0 amide bonds. The lowest BCUT2D eigenvalue weighted by Gasteiger charge is -2.14. The first kappa shape index (κ1) is 25.4. The van der Waals surface area contributed by atoms with Crippen LogP contribution in [0.1, 0.15) is 22.3 Å². The Kier molecular flexibility index (Phi) is 8.35. The summed E-state index contributed by atoms with van der Waals surface area (Å²) in [6.45, 7) is 1.80. The second-order valence-corrected chi connectivity index (χ2v) is 8.21. The molecule has 0 saturated carbocycles. The van der Waals surface area contributed by atoms with E-state index in [2.05, 4.69) is 10.6 Å². The van der Waals surface area contributed by atoms with Crippen molar-refractivity contribution in [3.63, 3.8) is 0 Å². The summed E-state index contributed by atoms with van der Waals surface area (Å²) in [5.41, 5.74) is 3.55. The van der Waals surface area contributed by atoms with Gasteiger partial charge in [0.15, 0.2) is 28.8 Å². The largest absolute Gasteiger partial charge is 0.492 e. The summed E-state index contributed by atoms with van der Waals surface area (Å²) in [6, 6.07) is 3.88. The molecule has 4 rings (SSSR count). The number of carbonyl (C=O) groups is 1. The van der Waals surface area contributed by atoms with Crippen molar-refractivity contribution >= 4 is 17.9 Å². The molecule has 0 spiro atoms. The van der Waals surface area contributed by atoms with E-state index in [0.717, 1.165) is 48.2 Å². The van der Waals surface area contributed by atoms with Gasteiger partial charge in [0.05, 0.1) is 14.2 Å². The number of fused-ring (bicyclic) bond motifs is 2. The van der Waals surface area contributed by atoms with Crippen molar-refractivity contribution in [2.24, 2.45) is 0 Å². The van der Waals surface area contributed by atoms with Crippen LogP contribution in [0.25, 0.3) is 12.2 Å². The molecule has 2 aromatic rings. The molecule has 0 aliphatic carbocycles. The Morgan fingerprint density at radius 3 is 1.64 bits per heavy atom. The van der Waals surface area contributed by atoms with Crippen molar-refractivity contribution in [3.05, 3.63) is 46.5 Å². The van der Waals surface area contributed by atoms with Gasteiger partial charge in [-0.3, -0.25) is 4.79 Å².